The Bertz CT molecular complexity index is 4690. The highest BCUT2D eigenvalue weighted by Gasteiger charge is 2.26. The van der Waals surface area contributed by atoms with Crippen LogP contribution >= 0.6 is 24.0 Å². The molecule has 0 spiro atoms. The number of thiol groups is 1. The minimum atomic E-state index is 0.580. The molecule has 0 amide bonds. The van der Waals surface area contributed by atoms with E-state index >= 15 is 0 Å². The molecule has 15 aromatic rings. The van der Waals surface area contributed by atoms with Gasteiger partial charge in [-0.3, -0.25) is 0 Å². The van der Waals surface area contributed by atoms with E-state index in [4.69, 9.17) is 27.6 Å². The van der Waals surface area contributed by atoms with Crippen LogP contribution in [0.4, 0.5) is 0 Å². The first-order valence-electron chi connectivity index (χ1n) is 25.5. The lowest BCUT2D eigenvalue weighted by molar-refractivity contribution is 1.07. The number of hydrogen-bond acceptors (Lipinski definition) is 5. The van der Waals surface area contributed by atoms with Gasteiger partial charge in [-0.1, -0.05) is 200 Å². The van der Waals surface area contributed by atoms with E-state index in [-0.39, 0.29) is 0 Å². The predicted octanol–water partition coefficient (Wildman–Crippen LogP) is 18.7. The van der Waals surface area contributed by atoms with Crippen LogP contribution in [-0.2, 0) is 0 Å². The molecule has 0 aliphatic carbocycles. The second kappa shape index (κ2) is 17.9. The molecular formula is C69H43N5S2. The molecule has 0 radical (unpaired) electrons. The summed E-state index contributed by atoms with van der Waals surface area (Å²) in [5.41, 5.74) is 15.8. The van der Waals surface area contributed by atoms with Gasteiger partial charge in [-0.2, -0.15) is 0 Å². The Morgan fingerprint density at radius 3 is 1.39 bits per heavy atom. The van der Waals surface area contributed by atoms with Crippen LogP contribution in [0.15, 0.2) is 260 Å². The number of nitrogens with zero attached hydrogens (tertiary/aromatic N) is 5. The molecule has 5 nitrogen and oxygen atoms in total. The number of benzene rings is 11. The average Bonchev–Trinajstić information content (AvgIpc) is 4.34. The van der Waals surface area contributed by atoms with E-state index in [0.717, 1.165) is 88.4 Å². The first-order valence-corrected chi connectivity index (χ1v) is 26.7. The second-order valence-corrected chi connectivity index (χ2v) is 20.8. The molecule has 7 heteroatoms. The molecule has 15 rings (SSSR count). The topological polar surface area (TPSA) is 48.5 Å². The summed E-state index contributed by atoms with van der Waals surface area (Å²) in [6.07, 6.45) is 0. The van der Waals surface area contributed by atoms with Crippen LogP contribution in [-0.4, -0.2) is 24.1 Å². The second-order valence-electron chi connectivity index (χ2n) is 19.3. The minimum absolute atomic E-state index is 0.580. The molecule has 0 aliphatic rings. The van der Waals surface area contributed by atoms with Gasteiger partial charge in [0.2, 0.25) is 0 Å². The fourth-order valence-corrected chi connectivity index (χ4v) is 12.8. The summed E-state index contributed by atoms with van der Waals surface area (Å²) >= 11 is 6.59. The van der Waals surface area contributed by atoms with Crippen molar-refractivity contribution in [2.75, 3.05) is 0 Å². The van der Waals surface area contributed by atoms with Crippen molar-refractivity contribution in [3.05, 3.63) is 255 Å². The average molecular weight is 1010 g/mol. The van der Waals surface area contributed by atoms with Crippen LogP contribution < -0.4 is 0 Å². The molecular weight excluding hydrogens is 963 g/mol. The molecule has 0 saturated heterocycles. The Balaban J connectivity index is 1.04. The molecule has 0 unspecified atom stereocenters. The summed E-state index contributed by atoms with van der Waals surface area (Å²) in [6, 6.07) is 91.1. The van der Waals surface area contributed by atoms with Crippen molar-refractivity contribution in [1.82, 2.24) is 24.1 Å². The Labute approximate surface area is 447 Å². The van der Waals surface area contributed by atoms with E-state index in [9.17, 15) is 0 Å². The SMILES string of the molecule is Sc1ccccc1-c1ccc(-c2nc(-c3cc(-c4ccccc4)c(-n4c5ccccc5c5ccc6c7ccccc7n(-c7ccccc7)c6c54)c(-c4ccccc4)c3)nc(-c3ccc4c(c3)sc3ccccc34)n2)cc1. The maximum Gasteiger partial charge on any atom is 0.164 e. The highest BCUT2D eigenvalue weighted by Crippen LogP contribution is 2.47. The smallest absolute Gasteiger partial charge is 0.164 e. The number of rotatable bonds is 8. The largest absolute Gasteiger partial charge is 0.307 e. The van der Waals surface area contributed by atoms with Gasteiger partial charge in [-0.25, -0.2) is 15.0 Å². The number of thiophene rings is 1. The van der Waals surface area contributed by atoms with E-state index in [0.29, 0.717) is 17.5 Å². The lowest BCUT2D eigenvalue weighted by Gasteiger charge is -2.21. The Morgan fingerprint density at radius 2 is 0.750 bits per heavy atom. The van der Waals surface area contributed by atoms with Crippen molar-refractivity contribution < 1.29 is 0 Å². The Hall–Kier alpha value is -9.40. The molecule has 0 N–H and O–H groups in total. The highest BCUT2D eigenvalue weighted by atomic mass is 32.1. The van der Waals surface area contributed by atoms with Gasteiger partial charge in [-0.05, 0) is 76.9 Å². The zero-order valence-electron chi connectivity index (χ0n) is 40.8. The van der Waals surface area contributed by atoms with Gasteiger partial charge >= 0.3 is 0 Å². The van der Waals surface area contributed by atoms with E-state index in [1.807, 2.05) is 18.2 Å². The zero-order chi connectivity index (χ0) is 50.3. The van der Waals surface area contributed by atoms with Crippen molar-refractivity contribution in [1.29, 1.82) is 0 Å². The van der Waals surface area contributed by atoms with Crippen LogP contribution in [0.5, 0.6) is 0 Å². The number of aromatic nitrogens is 5. The number of hydrogen-bond donors (Lipinski definition) is 1. The van der Waals surface area contributed by atoms with Crippen molar-refractivity contribution in [2.45, 2.75) is 4.90 Å². The third-order valence-electron chi connectivity index (χ3n) is 14.9. The Kier molecular flexibility index (Phi) is 10.4. The maximum atomic E-state index is 5.47. The summed E-state index contributed by atoms with van der Waals surface area (Å²) in [7, 11) is 0. The highest BCUT2D eigenvalue weighted by molar-refractivity contribution is 7.80. The van der Waals surface area contributed by atoms with Gasteiger partial charge in [0.05, 0.1) is 27.8 Å². The van der Waals surface area contributed by atoms with Crippen LogP contribution in [0, 0.1) is 0 Å². The molecule has 0 fully saturated rings. The van der Waals surface area contributed by atoms with Crippen LogP contribution in [0.2, 0.25) is 0 Å². The van der Waals surface area contributed by atoms with Crippen LogP contribution in [0.25, 0.3) is 143 Å². The molecule has 0 saturated carbocycles. The van der Waals surface area contributed by atoms with Crippen molar-refractivity contribution >= 4 is 87.7 Å². The summed E-state index contributed by atoms with van der Waals surface area (Å²) in [5, 5.41) is 7.23. The summed E-state index contributed by atoms with van der Waals surface area (Å²) in [4.78, 5) is 17.1. The molecule has 11 aromatic carbocycles. The summed E-state index contributed by atoms with van der Waals surface area (Å²) in [6.45, 7) is 0. The van der Waals surface area contributed by atoms with E-state index < -0.39 is 0 Å². The maximum absolute atomic E-state index is 5.47. The van der Waals surface area contributed by atoms with Crippen molar-refractivity contribution in [2.24, 2.45) is 0 Å². The molecule has 0 aliphatic heterocycles. The molecule has 4 heterocycles. The van der Waals surface area contributed by atoms with Gasteiger partial charge in [0.15, 0.2) is 17.5 Å². The van der Waals surface area contributed by atoms with Gasteiger partial charge in [0, 0.05) is 80.1 Å². The zero-order valence-corrected chi connectivity index (χ0v) is 42.6. The third kappa shape index (κ3) is 7.19. The fourth-order valence-electron chi connectivity index (χ4n) is 11.4. The third-order valence-corrected chi connectivity index (χ3v) is 16.4. The lowest BCUT2D eigenvalue weighted by Crippen LogP contribution is -2.05. The first kappa shape index (κ1) is 44.1. The standard InChI is InChI=1S/C69H43N5S2/c75-61-30-16-12-24-50(61)45-32-34-46(35-33-45)67-70-68(47-36-37-54-53-27-13-17-31-62(53)76-63(54)42-47)72-69(71-67)48-40-57(43-18-4-1-5-19-43)64(58(41-48)44-20-6-2-7-21-44)74-60-29-15-11-26-52(60)56-39-38-55-51-25-10-14-28-59(51)73(65(55)66(56)74)49-22-8-3-9-23-49/h1-42,75H. The first-order chi connectivity index (χ1) is 37.6. The molecule has 356 valence electrons. The van der Waals surface area contributed by atoms with Crippen LogP contribution in [0.3, 0.4) is 0 Å². The fraction of sp³-hybridized carbons (Fsp3) is 0. The van der Waals surface area contributed by atoms with Gasteiger partial charge in [-0.15, -0.1) is 24.0 Å². The van der Waals surface area contributed by atoms with Gasteiger partial charge < -0.3 is 9.13 Å². The number of para-hydroxylation sites is 3. The quantitative estimate of drug-likeness (QED) is 0.154. The lowest BCUT2D eigenvalue weighted by atomic mass is 9.92. The minimum Gasteiger partial charge on any atom is -0.307 e. The normalized spacial score (nSPS) is 11.8. The predicted molar refractivity (Wildman–Crippen MR) is 321 cm³/mol. The number of fused-ring (bicyclic) bond motifs is 10. The van der Waals surface area contributed by atoms with Crippen molar-refractivity contribution in [3.63, 3.8) is 0 Å². The molecule has 4 aromatic heterocycles. The van der Waals surface area contributed by atoms with E-state index in [1.54, 1.807) is 11.3 Å². The van der Waals surface area contributed by atoms with Crippen LogP contribution in [0.1, 0.15) is 0 Å². The molecule has 0 atom stereocenters. The van der Waals surface area contributed by atoms with Gasteiger partial charge in [0.1, 0.15) is 0 Å². The summed E-state index contributed by atoms with van der Waals surface area (Å²) in [5.74, 6) is 1.78. The van der Waals surface area contributed by atoms with Crippen molar-refractivity contribution in [3.8, 4) is 78.9 Å². The summed E-state index contributed by atoms with van der Waals surface area (Å²) < 4.78 is 7.43. The van der Waals surface area contributed by atoms with E-state index in [1.165, 1.54) is 41.7 Å². The molecule has 76 heavy (non-hydrogen) atoms. The Morgan fingerprint density at radius 1 is 0.303 bits per heavy atom. The van der Waals surface area contributed by atoms with E-state index in [2.05, 4.69) is 246 Å². The monoisotopic (exact) mass is 1010 g/mol. The van der Waals surface area contributed by atoms with Gasteiger partial charge in [0.25, 0.3) is 0 Å². The molecule has 0 bridgehead atoms.